The Morgan fingerprint density at radius 2 is 0.630 bits per heavy atom. The van der Waals surface area contributed by atoms with Crippen LogP contribution < -0.4 is 0 Å². The van der Waals surface area contributed by atoms with Gasteiger partial charge in [-0.2, -0.15) is 0 Å². The molecule has 0 radical (unpaired) electrons. The zero-order chi connectivity index (χ0) is 30.8. The molecule has 0 fully saturated rings. The third-order valence-electron chi connectivity index (χ3n) is 9.42. The fourth-order valence-electron chi connectivity index (χ4n) is 7.45. The molecule has 0 aliphatic rings. The number of hydrogen-bond acceptors (Lipinski definition) is 6. The van der Waals surface area contributed by atoms with Crippen molar-refractivity contribution >= 4 is 87.0 Å². The summed E-state index contributed by atoms with van der Waals surface area (Å²) in [7, 11) is 0. The largest absolute Gasteiger partial charge is 0.507 e. The van der Waals surface area contributed by atoms with Gasteiger partial charge in [0.1, 0.15) is 45.3 Å². The second kappa shape index (κ2) is 8.61. The van der Waals surface area contributed by atoms with E-state index in [1.54, 1.807) is 12.1 Å². The summed E-state index contributed by atoms with van der Waals surface area (Å²) in [6.07, 6.45) is 0. The van der Waals surface area contributed by atoms with Gasteiger partial charge in [0.2, 0.25) is 0 Å². The minimum absolute atomic E-state index is 0.0512. The lowest BCUT2D eigenvalue weighted by molar-refractivity contribution is 0.476. The molecule has 8 aromatic carbocycles. The maximum absolute atomic E-state index is 12.3. The summed E-state index contributed by atoms with van der Waals surface area (Å²) in [5.41, 5.74) is 2.80. The third-order valence-corrected chi connectivity index (χ3v) is 9.42. The van der Waals surface area contributed by atoms with Crippen molar-refractivity contribution in [3.63, 3.8) is 0 Å². The predicted octanol–water partition coefficient (Wildman–Crippen LogP) is 10.6. The average Bonchev–Trinajstić information content (AvgIpc) is 3.66. The average molecular weight is 599 g/mol. The minimum Gasteiger partial charge on any atom is -0.507 e. The van der Waals surface area contributed by atoms with Crippen LogP contribution in [0.4, 0.5) is 0 Å². The number of phenols is 4. The molecular formula is C40H22O6. The summed E-state index contributed by atoms with van der Waals surface area (Å²) >= 11 is 0. The van der Waals surface area contributed by atoms with Crippen molar-refractivity contribution in [3.05, 3.63) is 109 Å². The molecule has 46 heavy (non-hydrogen) atoms. The predicted molar refractivity (Wildman–Crippen MR) is 183 cm³/mol. The molecule has 0 atom stereocenters. The van der Waals surface area contributed by atoms with E-state index in [-0.39, 0.29) is 23.0 Å². The molecule has 0 aliphatic heterocycles. The van der Waals surface area contributed by atoms with Crippen LogP contribution in [0.1, 0.15) is 0 Å². The van der Waals surface area contributed by atoms with E-state index in [4.69, 9.17) is 8.83 Å². The summed E-state index contributed by atoms with van der Waals surface area (Å²) in [6, 6.07) is 33.1. The number of hydrogen-bond donors (Lipinski definition) is 4. The van der Waals surface area contributed by atoms with Gasteiger partial charge in [-0.15, -0.1) is 0 Å². The summed E-state index contributed by atoms with van der Waals surface area (Å²) in [4.78, 5) is 0. The van der Waals surface area contributed by atoms with E-state index in [9.17, 15) is 20.4 Å². The second-order valence-corrected chi connectivity index (χ2v) is 11.8. The molecular weight excluding hydrogens is 576 g/mol. The van der Waals surface area contributed by atoms with Crippen LogP contribution in [0.2, 0.25) is 0 Å². The van der Waals surface area contributed by atoms with E-state index in [0.29, 0.717) is 87.3 Å². The van der Waals surface area contributed by atoms with Gasteiger partial charge in [-0.1, -0.05) is 97.1 Å². The lowest BCUT2D eigenvalue weighted by Gasteiger charge is -2.15. The van der Waals surface area contributed by atoms with Gasteiger partial charge in [0.25, 0.3) is 0 Å². The van der Waals surface area contributed by atoms with Crippen LogP contribution >= 0.6 is 0 Å². The Kier molecular flexibility index (Phi) is 4.68. The maximum Gasteiger partial charge on any atom is 0.144 e. The van der Waals surface area contributed by atoms with E-state index in [1.165, 1.54) is 0 Å². The normalized spacial score (nSPS) is 12.3. The molecule has 10 aromatic rings. The highest BCUT2D eigenvalue weighted by Gasteiger charge is 2.29. The molecule has 0 spiro atoms. The van der Waals surface area contributed by atoms with Crippen LogP contribution in [-0.4, -0.2) is 20.4 Å². The zero-order valence-corrected chi connectivity index (χ0v) is 24.0. The van der Waals surface area contributed by atoms with Crippen molar-refractivity contribution in [1.29, 1.82) is 0 Å². The first kappa shape index (κ1) is 25.0. The Bertz CT molecular complexity index is 2760. The van der Waals surface area contributed by atoms with Gasteiger partial charge in [0.05, 0.1) is 0 Å². The smallest absolute Gasteiger partial charge is 0.144 e. The van der Waals surface area contributed by atoms with Gasteiger partial charge < -0.3 is 29.3 Å². The Morgan fingerprint density at radius 3 is 1.00 bits per heavy atom. The van der Waals surface area contributed by atoms with Crippen LogP contribution in [0.3, 0.4) is 0 Å². The summed E-state index contributed by atoms with van der Waals surface area (Å²) in [5, 5.41) is 54.4. The summed E-state index contributed by atoms with van der Waals surface area (Å²) < 4.78 is 13.3. The number of phenolic OH excluding ortho intramolecular Hbond substituents is 4. The lowest BCUT2D eigenvalue weighted by atomic mass is 9.88. The maximum atomic E-state index is 12.3. The highest BCUT2D eigenvalue weighted by atomic mass is 16.3. The molecule has 2 aromatic heterocycles. The molecule has 0 aliphatic carbocycles. The molecule has 0 unspecified atom stereocenters. The van der Waals surface area contributed by atoms with E-state index < -0.39 is 0 Å². The number of rotatable bonds is 1. The van der Waals surface area contributed by atoms with Crippen molar-refractivity contribution in [2.75, 3.05) is 0 Å². The highest BCUT2D eigenvalue weighted by molar-refractivity contribution is 6.33. The van der Waals surface area contributed by atoms with Crippen LogP contribution in [0.15, 0.2) is 118 Å². The van der Waals surface area contributed by atoms with Gasteiger partial charge in [-0.25, -0.2) is 0 Å². The highest BCUT2D eigenvalue weighted by Crippen LogP contribution is 2.56. The Labute approximate surface area is 259 Å². The second-order valence-electron chi connectivity index (χ2n) is 11.8. The number of furan rings is 2. The Morgan fingerprint density at radius 1 is 0.326 bits per heavy atom. The molecule has 6 nitrogen and oxygen atoms in total. The monoisotopic (exact) mass is 598 g/mol. The first-order chi connectivity index (χ1) is 22.5. The lowest BCUT2D eigenvalue weighted by Crippen LogP contribution is -1.89. The Balaban J connectivity index is 1.52. The molecule has 218 valence electrons. The van der Waals surface area contributed by atoms with Crippen molar-refractivity contribution in [3.8, 4) is 34.1 Å². The van der Waals surface area contributed by atoms with Gasteiger partial charge in [0, 0.05) is 75.8 Å². The standard InChI is InChI=1S/C40H22O6/c41-29-17-27-31-33(35(43)21-11-3-7-15-25(21)39(31)45-37(27)23-13-5-1-9-19(23)29)34-32-28-18-30(42)20-10-2-6-14-24(20)38(28)46-40(32)26-16-8-4-12-22(26)36(34)44/h1-18,41-44H. The summed E-state index contributed by atoms with van der Waals surface area (Å²) in [6.45, 7) is 0. The van der Waals surface area contributed by atoms with Crippen LogP contribution in [-0.2, 0) is 0 Å². The van der Waals surface area contributed by atoms with E-state index in [1.807, 2.05) is 97.1 Å². The molecule has 6 heteroatoms. The SMILES string of the molecule is Oc1cc2c(oc3c4ccccc4c(O)c(-c4c(O)c5ccccc5c5oc6c7ccccc7c(O)cc6c45)c23)c2ccccc12. The quantitative estimate of drug-likeness (QED) is 0.150. The topological polar surface area (TPSA) is 107 Å². The van der Waals surface area contributed by atoms with Crippen molar-refractivity contribution in [2.45, 2.75) is 0 Å². The molecule has 0 saturated heterocycles. The third kappa shape index (κ3) is 3.00. The van der Waals surface area contributed by atoms with Gasteiger partial charge >= 0.3 is 0 Å². The van der Waals surface area contributed by atoms with Crippen molar-refractivity contribution in [2.24, 2.45) is 0 Å². The van der Waals surface area contributed by atoms with E-state index >= 15 is 0 Å². The van der Waals surface area contributed by atoms with E-state index in [0.717, 1.165) is 10.8 Å². The van der Waals surface area contributed by atoms with Crippen LogP contribution in [0.25, 0.3) is 98.1 Å². The van der Waals surface area contributed by atoms with Gasteiger partial charge in [0.15, 0.2) is 0 Å². The Hall–Kier alpha value is -6.40. The number of benzene rings is 8. The van der Waals surface area contributed by atoms with Crippen molar-refractivity contribution < 1.29 is 29.3 Å². The number of fused-ring (bicyclic) bond motifs is 14. The van der Waals surface area contributed by atoms with Gasteiger partial charge in [-0.05, 0) is 12.1 Å². The fourth-order valence-corrected chi connectivity index (χ4v) is 7.45. The van der Waals surface area contributed by atoms with Crippen LogP contribution in [0, 0.1) is 0 Å². The van der Waals surface area contributed by atoms with Gasteiger partial charge in [-0.3, -0.25) is 0 Å². The first-order valence-corrected chi connectivity index (χ1v) is 14.9. The molecule has 0 amide bonds. The van der Waals surface area contributed by atoms with Crippen LogP contribution in [0.5, 0.6) is 23.0 Å². The minimum atomic E-state index is -0.0512. The molecule has 4 N–H and O–H groups in total. The molecule has 0 bridgehead atoms. The number of aromatic hydroxyl groups is 4. The fraction of sp³-hybridized carbons (Fsp3) is 0. The molecule has 2 heterocycles. The van der Waals surface area contributed by atoms with Crippen molar-refractivity contribution in [1.82, 2.24) is 0 Å². The molecule has 0 saturated carbocycles. The zero-order valence-electron chi connectivity index (χ0n) is 24.0. The first-order valence-electron chi connectivity index (χ1n) is 14.9. The molecule has 10 rings (SSSR count). The van der Waals surface area contributed by atoms with E-state index in [2.05, 4.69) is 0 Å². The summed E-state index contributed by atoms with van der Waals surface area (Å²) in [5.74, 6) is 0.0410.